The van der Waals surface area contributed by atoms with Gasteiger partial charge in [0.1, 0.15) is 5.01 Å². The van der Waals surface area contributed by atoms with Crippen molar-refractivity contribution >= 4 is 34.6 Å². The van der Waals surface area contributed by atoms with Crippen molar-refractivity contribution in [2.75, 3.05) is 6.54 Å². The molecule has 2 rings (SSSR count). The third-order valence-electron chi connectivity index (χ3n) is 5.37. The van der Waals surface area contributed by atoms with Gasteiger partial charge in [-0.15, -0.1) is 11.3 Å². The number of hydrogen-bond donors (Lipinski definition) is 3. The molecule has 0 aliphatic rings. The second kappa shape index (κ2) is 15.8. The number of aryl methyl sites for hydroxylation is 1. The number of unbranched alkanes of at least 4 members (excludes halogenated alkanes) is 9. The Morgan fingerprint density at radius 3 is 2.22 bits per heavy atom. The molecule has 0 aliphatic carbocycles. The molecule has 0 atom stereocenters. The lowest BCUT2D eigenvalue weighted by Crippen LogP contribution is -2.47. The van der Waals surface area contributed by atoms with Crippen LogP contribution >= 0.6 is 23.6 Å². The van der Waals surface area contributed by atoms with Crippen molar-refractivity contribution in [3.8, 4) is 10.6 Å². The highest BCUT2D eigenvalue weighted by Gasteiger charge is 2.13. The number of nitrogens with one attached hydrogen (secondary N) is 3. The number of nitrogens with zero attached hydrogens (tertiary/aromatic N) is 1. The van der Waals surface area contributed by atoms with E-state index >= 15 is 0 Å². The van der Waals surface area contributed by atoms with Crippen LogP contribution < -0.4 is 16.2 Å². The molecule has 0 spiro atoms. The zero-order chi connectivity index (χ0) is 23.0. The molecular formula is C25H38N4OS2. The summed E-state index contributed by atoms with van der Waals surface area (Å²) >= 11 is 6.86. The summed E-state index contributed by atoms with van der Waals surface area (Å²) in [6.45, 7) is 5.08. The molecule has 7 heteroatoms. The monoisotopic (exact) mass is 474 g/mol. The van der Waals surface area contributed by atoms with Crippen LogP contribution in [0.3, 0.4) is 0 Å². The minimum atomic E-state index is -0.152. The van der Waals surface area contributed by atoms with E-state index in [-0.39, 0.29) is 12.3 Å². The molecule has 2 aromatic rings. The first kappa shape index (κ1) is 26.3. The number of benzene rings is 1. The van der Waals surface area contributed by atoms with Crippen molar-refractivity contribution in [2.24, 2.45) is 0 Å². The molecule has 0 fully saturated rings. The van der Waals surface area contributed by atoms with Crippen LogP contribution in [-0.4, -0.2) is 22.5 Å². The standard InChI is InChI=1S/C25H38N4OS2/c1-3-4-5-6-7-8-9-10-11-15-18-26-25(31)29-28-23(30)19-22-20(2)32-24(27-22)21-16-13-12-14-17-21/h12-14,16-17H,3-11,15,18-19H2,1-2H3,(H,28,30)(H2,26,29,31). The Morgan fingerprint density at radius 1 is 0.938 bits per heavy atom. The fraction of sp³-hybridized carbons (Fsp3) is 0.560. The van der Waals surface area contributed by atoms with Crippen LogP contribution in [0.5, 0.6) is 0 Å². The van der Waals surface area contributed by atoms with E-state index in [1.807, 2.05) is 37.3 Å². The maximum atomic E-state index is 12.3. The first-order valence-electron chi connectivity index (χ1n) is 11.9. The predicted molar refractivity (Wildman–Crippen MR) is 140 cm³/mol. The van der Waals surface area contributed by atoms with E-state index < -0.39 is 0 Å². The van der Waals surface area contributed by atoms with Gasteiger partial charge in [-0.3, -0.25) is 15.6 Å². The van der Waals surface area contributed by atoms with Gasteiger partial charge in [-0.25, -0.2) is 4.98 Å². The molecule has 176 valence electrons. The average molecular weight is 475 g/mol. The molecule has 0 saturated carbocycles. The molecule has 1 aromatic heterocycles. The Hall–Kier alpha value is -1.99. The molecular weight excluding hydrogens is 436 g/mol. The summed E-state index contributed by atoms with van der Waals surface area (Å²) in [5.74, 6) is -0.152. The summed E-state index contributed by atoms with van der Waals surface area (Å²) in [5.41, 5.74) is 7.34. The third-order valence-corrected chi connectivity index (χ3v) is 6.68. The normalized spacial score (nSPS) is 10.7. The molecule has 0 radical (unpaired) electrons. The van der Waals surface area contributed by atoms with Crippen molar-refractivity contribution in [1.82, 2.24) is 21.2 Å². The number of thiocarbonyl (C=S) groups is 1. The summed E-state index contributed by atoms with van der Waals surface area (Å²) < 4.78 is 0. The number of amides is 1. The van der Waals surface area contributed by atoms with Gasteiger partial charge in [0, 0.05) is 17.0 Å². The molecule has 0 unspecified atom stereocenters. The van der Waals surface area contributed by atoms with Crippen LogP contribution in [0.15, 0.2) is 30.3 Å². The van der Waals surface area contributed by atoms with Gasteiger partial charge in [0.2, 0.25) is 5.91 Å². The molecule has 1 aromatic carbocycles. The average Bonchev–Trinajstić information content (AvgIpc) is 3.16. The van der Waals surface area contributed by atoms with E-state index in [1.165, 1.54) is 57.8 Å². The Labute approximate surface area is 202 Å². The lowest BCUT2D eigenvalue weighted by atomic mass is 10.1. The first-order chi connectivity index (χ1) is 15.6. The van der Waals surface area contributed by atoms with Gasteiger partial charge < -0.3 is 5.32 Å². The summed E-state index contributed by atoms with van der Waals surface area (Å²) in [7, 11) is 0. The Bertz CT molecular complexity index is 808. The molecule has 0 saturated heterocycles. The van der Waals surface area contributed by atoms with Gasteiger partial charge in [-0.05, 0) is 25.6 Å². The lowest BCUT2D eigenvalue weighted by molar-refractivity contribution is -0.121. The topological polar surface area (TPSA) is 66.0 Å². The molecule has 1 amide bonds. The lowest BCUT2D eigenvalue weighted by Gasteiger charge is -2.11. The van der Waals surface area contributed by atoms with Crippen molar-refractivity contribution in [1.29, 1.82) is 0 Å². The van der Waals surface area contributed by atoms with Crippen molar-refractivity contribution in [3.63, 3.8) is 0 Å². The summed E-state index contributed by atoms with van der Waals surface area (Å²) in [6.07, 6.45) is 13.3. The van der Waals surface area contributed by atoms with E-state index in [2.05, 4.69) is 28.1 Å². The van der Waals surface area contributed by atoms with Gasteiger partial charge in [0.25, 0.3) is 0 Å². The van der Waals surface area contributed by atoms with E-state index in [4.69, 9.17) is 12.2 Å². The highest BCUT2D eigenvalue weighted by molar-refractivity contribution is 7.80. The fourth-order valence-electron chi connectivity index (χ4n) is 3.48. The quantitative estimate of drug-likeness (QED) is 0.176. The number of carbonyl (C=O) groups excluding carboxylic acids is 1. The minimum Gasteiger partial charge on any atom is -0.361 e. The number of hydrazine groups is 1. The Kier molecular flexibility index (Phi) is 12.9. The number of carbonyl (C=O) groups is 1. The van der Waals surface area contributed by atoms with E-state index in [1.54, 1.807) is 11.3 Å². The number of aromatic nitrogens is 1. The van der Waals surface area contributed by atoms with E-state index in [9.17, 15) is 4.79 Å². The zero-order valence-electron chi connectivity index (χ0n) is 19.5. The van der Waals surface area contributed by atoms with Crippen molar-refractivity contribution < 1.29 is 4.79 Å². The number of rotatable bonds is 14. The van der Waals surface area contributed by atoms with Gasteiger partial charge in [-0.2, -0.15) is 0 Å². The van der Waals surface area contributed by atoms with Crippen LogP contribution in [0.4, 0.5) is 0 Å². The van der Waals surface area contributed by atoms with Gasteiger partial charge in [0.05, 0.1) is 12.1 Å². The fourth-order valence-corrected chi connectivity index (χ4v) is 4.57. The molecule has 3 N–H and O–H groups in total. The van der Waals surface area contributed by atoms with E-state index in [0.29, 0.717) is 5.11 Å². The maximum absolute atomic E-state index is 12.3. The van der Waals surface area contributed by atoms with Crippen molar-refractivity contribution in [2.45, 2.75) is 84.5 Å². The highest BCUT2D eigenvalue weighted by Crippen LogP contribution is 2.27. The van der Waals surface area contributed by atoms with Gasteiger partial charge in [-0.1, -0.05) is 95.0 Å². The van der Waals surface area contributed by atoms with Crippen LogP contribution in [0.25, 0.3) is 10.6 Å². The van der Waals surface area contributed by atoms with Crippen LogP contribution in [0.1, 0.15) is 81.7 Å². The first-order valence-corrected chi connectivity index (χ1v) is 13.2. The summed E-state index contributed by atoms with van der Waals surface area (Å²) in [6, 6.07) is 10.0. The Morgan fingerprint density at radius 2 is 1.56 bits per heavy atom. The molecule has 32 heavy (non-hydrogen) atoms. The summed E-state index contributed by atoms with van der Waals surface area (Å²) in [5, 5.41) is 4.55. The molecule has 1 heterocycles. The molecule has 0 aliphatic heterocycles. The van der Waals surface area contributed by atoms with Crippen molar-refractivity contribution in [3.05, 3.63) is 40.9 Å². The summed E-state index contributed by atoms with van der Waals surface area (Å²) in [4.78, 5) is 18.0. The number of hydrogen-bond acceptors (Lipinski definition) is 4. The largest absolute Gasteiger partial charge is 0.361 e. The van der Waals surface area contributed by atoms with Gasteiger partial charge >= 0.3 is 0 Å². The van der Waals surface area contributed by atoms with Crippen LogP contribution in [0.2, 0.25) is 0 Å². The smallest absolute Gasteiger partial charge is 0.244 e. The van der Waals surface area contributed by atoms with Crippen LogP contribution in [-0.2, 0) is 11.2 Å². The second-order valence-electron chi connectivity index (χ2n) is 8.18. The maximum Gasteiger partial charge on any atom is 0.244 e. The zero-order valence-corrected chi connectivity index (χ0v) is 21.2. The third kappa shape index (κ3) is 10.6. The second-order valence-corrected chi connectivity index (χ2v) is 9.79. The molecule has 0 bridgehead atoms. The van der Waals surface area contributed by atoms with E-state index in [0.717, 1.165) is 34.1 Å². The minimum absolute atomic E-state index is 0.152. The highest BCUT2D eigenvalue weighted by atomic mass is 32.1. The Balaban J connectivity index is 1.53. The number of thiazole rings is 1. The SMILES string of the molecule is CCCCCCCCCCCCNC(=S)NNC(=O)Cc1nc(-c2ccccc2)sc1C. The molecule has 5 nitrogen and oxygen atoms in total. The van der Waals surface area contributed by atoms with Gasteiger partial charge in [0.15, 0.2) is 5.11 Å². The predicted octanol–water partition coefficient (Wildman–Crippen LogP) is 6.08. The van der Waals surface area contributed by atoms with Crippen LogP contribution in [0, 0.1) is 6.92 Å².